The lowest BCUT2D eigenvalue weighted by atomic mass is 10.3. The smallest absolute Gasteiger partial charge is 0.0544 e. The molecular formula is C6H14O. The van der Waals surface area contributed by atoms with E-state index in [0.29, 0.717) is 6.10 Å². The van der Waals surface area contributed by atoms with Gasteiger partial charge in [0.1, 0.15) is 0 Å². The molecule has 0 saturated heterocycles. The summed E-state index contributed by atoms with van der Waals surface area (Å²) >= 11 is 0. The molecule has 1 heteroatoms. The van der Waals surface area contributed by atoms with E-state index in [1.807, 2.05) is 6.92 Å². The minimum atomic E-state index is 0.449. The fraction of sp³-hybridized carbons (Fsp3) is 1.00. The van der Waals surface area contributed by atoms with Gasteiger partial charge < -0.3 is 4.74 Å². The normalized spacial score (nSPS) is 14.1. The van der Waals surface area contributed by atoms with Crippen molar-refractivity contribution in [3.05, 3.63) is 0 Å². The van der Waals surface area contributed by atoms with Gasteiger partial charge in [-0.25, -0.2) is 0 Å². The predicted molar refractivity (Wildman–Crippen MR) is 31.4 cm³/mol. The predicted octanol–water partition coefficient (Wildman–Crippen LogP) is 1.82. The average Bonchev–Trinajstić information content (AvgIpc) is 1.68. The third-order valence-corrected chi connectivity index (χ3v) is 1.03. The van der Waals surface area contributed by atoms with Crippen molar-refractivity contribution in [3.8, 4) is 0 Å². The first-order chi connectivity index (χ1) is 3.31. The second-order valence-corrected chi connectivity index (χ2v) is 1.67. The maximum atomic E-state index is 5.19. The Morgan fingerprint density at radius 3 is 2.14 bits per heavy atom. The maximum absolute atomic E-state index is 5.19. The van der Waals surface area contributed by atoms with Crippen LogP contribution in [0.3, 0.4) is 0 Å². The molecule has 0 heterocycles. The minimum Gasteiger partial charge on any atom is -0.379 e. The van der Waals surface area contributed by atoms with Crippen molar-refractivity contribution in [2.45, 2.75) is 33.3 Å². The zero-order valence-electron chi connectivity index (χ0n) is 5.40. The van der Waals surface area contributed by atoms with Crippen LogP contribution in [0.25, 0.3) is 0 Å². The first-order valence-corrected chi connectivity index (χ1v) is 2.92. The van der Waals surface area contributed by atoms with E-state index in [1.54, 1.807) is 0 Å². The van der Waals surface area contributed by atoms with Crippen LogP contribution < -0.4 is 0 Å². The fourth-order valence-electron chi connectivity index (χ4n) is 0.402. The molecule has 0 saturated carbocycles. The van der Waals surface area contributed by atoms with Gasteiger partial charge in [0.15, 0.2) is 0 Å². The summed E-state index contributed by atoms with van der Waals surface area (Å²) in [5, 5.41) is 0. The average molecular weight is 102 g/mol. The van der Waals surface area contributed by atoms with Gasteiger partial charge in [-0.2, -0.15) is 0 Å². The molecule has 0 N–H and O–H groups in total. The van der Waals surface area contributed by atoms with Crippen LogP contribution in [0, 0.1) is 0 Å². The molecule has 0 amide bonds. The van der Waals surface area contributed by atoms with Crippen LogP contribution in [-0.4, -0.2) is 12.7 Å². The molecule has 0 spiro atoms. The molecule has 1 atom stereocenters. The topological polar surface area (TPSA) is 9.23 Å². The molecule has 0 aliphatic carbocycles. The molecule has 0 aromatic heterocycles. The van der Waals surface area contributed by atoms with E-state index in [4.69, 9.17) is 4.74 Å². The molecule has 7 heavy (non-hydrogen) atoms. The Kier molecular flexibility index (Phi) is 4.10. The van der Waals surface area contributed by atoms with Gasteiger partial charge in [-0.1, -0.05) is 6.92 Å². The summed E-state index contributed by atoms with van der Waals surface area (Å²) < 4.78 is 5.19. The third-order valence-electron chi connectivity index (χ3n) is 1.03. The molecule has 0 fully saturated rings. The summed E-state index contributed by atoms with van der Waals surface area (Å²) in [5.74, 6) is 0. The highest BCUT2D eigenvalue weighted by molar-refractivity contribution is 4.40. The monoisotopic (exact) mass is 102 g/mol. The number of hydrogen-bond donors (Lipinski definition) is 0. The summed E-state index contributed by atoms with van der Waals surface area (Å²) in [7, 11) is 0. The Labute approximate surface area is 45.7 Å². The van der Waals surface area contributed by atoms with Crippen LogP contribution in [0.1, 0.15) is 27.2 Å². The summed E-state index contributed by atoms with van der Waals surface area (Å²) in [4.78, 5) is 0. The lowest BCUT2D eigenvalue weighted by Crippen LogP contribution is -2.04. The summed E-state index contributed by atoms with van der Waals surface area (Å²) in [5.41, 5.74) is 0. The van der Waals surface area contributed by atoms with Gasteiger partial charge in [-0.3, -0.25) is 0 Å². The Balaban J connectivity index is 2.83. The van der Waals surface area contributed by atoms with E-state index in [-0.39, 0.29) is 0 Å². The highest BCUT2D eigenvalue weighted by Crippen LogP contribution is 1.92. The van der Waals surface area contributed by atoms with E-state index in [9.17, 15) is 0 Å². The van der Waals surface area contributed by atoms with Crippen molar-refractivity contribution in [1.29, 1.82) is 0 Å². The van der Waals surface area contributed by atoms with Crippen molar-refractivity contribution in [1.82, 2.24) is 0 Å². The third kappa shape index (κ3) is 3.80. The molecule has 0 aliphatic heterocycles. The molecule has 0 aliphatic rings. The highest BCUT2D eigenvalue weighted by atomic mass is 16.5. The SMILES string of the molecule is CCO[C@H](C)CC. The summed E-state index contributed by atoms with van der Waals surface area (Å²) in [6, 6.07) is 0. The Morgan fingerprint density at radius 2 is 2.00 bits per heavy atom. The molecule has 0 bridgehead atoms. The van der Waals surface area contributed by atoms with Crippen LogP contribution in [0.15, 0.2) is 0 Å². The first-order valence-electron chi connectivity index (χ1n) is 2.92. The van der Waals surface area contributed by atoms with Crippen molar-refractivity contribution < 1.29 is 4.74 Å². The van der Waals surface area contributed by atoms with E-state index < -0.39 is 0 Å². The molecule has 0 aromatic carbocycles. The molecule has 0 aromatic rings. The largest absolute Gasteiger partial charge is 0.379 e. The van der Waals surface area contributed by atoms with Gasteiger partial charge in [0.25, 0.3) is 0 Å². The number of ether oxygens (including phenoxy) is 1. The van der Waals surface area contributed by atoms with Crippen molar-refractivity contribution in [2.75, 3.05) is 6.61 Å². The second kappa shape index (κ2) is 4.13. The van der Waals surface area contributed by atoms with Gasteiger partial charge in [0, 0.05) is 6.61 Å². The van der Waals surface area contributed by atoms with E-state index in [1.165, 1.54) is 0 Å². The van der Waals surface area contributed by atoms with Crippen molar-refractivity contribution in [2.24, 2.45) is 0 Å². The van der Waals surface area contributed by atoms with Crippen LogP contribution in [0.4, 0.5) is 0 Å². The molecule has 1 nitrogen and oxygen atoms in total. The van der Waals surface area contributed by atoms with Gasteiger partial charge in [0.05, 0.1) is 6.10 Å². The molecular weight excluding hydrogens is 88.1 g/mol. The standard InChI is InChI=1S/C6H14O/c1-4-6(3)7-5-2/h6H,4-5H2,1-3H3/t6-/m1/s1. The Bertz CT molecular complexity index is 35.2. The zero-order chi connectivity index (χ0) is 5.70. The van der Waals surface area contributed by atoms with Crippen molar-refractivity contribution >= 4 is 0 Å². The van der Waals surface area contributed by atoms with Crippen LogP contribution in [-0.2, 0) is 4.74 Å². The first kappa shape index (κ1) is 6.96. The maximum Gasteiger partial charge on any atom is 0.0544 e. The second-order valence-electron chi connectivity index (χ2n) is 1.67. The minimum absolute atomic E-state index is 0.449. The highest BCUT2D eigenvalue weighted by Gasteiger charge is 1.91. The van der Waals surface area contributed by atoms with E-state index >= 15 is 0 Å². The Hall–Kier alpha value is -0.0400. The van der Waals surface area contributed by atoms with Gasteiger partial charge in [-0.05, 0) is 20.3 Å². The molecule has 0 radical (unpaired) electrons. The van der Waals surface area contributed by atoms with Crippen LogP contribution >= 0.6 is 0 Å². The number of rotatable bonds is 3. The van der Waals surface area contributed by atoms with Gasteiger partial charge in [0.2, 0.25) is 0 Å². The van der Waals surface area contributed by atoms with Crippen LogP contribution in [0.2, 0.25) is 0 Å². The van der Waals surface area contributed by atoms with E-state index in [0.717, 1.165) is 13.0 Å². The lowest BCUT2D eigenvalue weighted by molar-refractivity contribution is 0.0739. The molecule has 0 rings (SSSR count). The summed E-state index contributed by atoms with van der Waals surface area (Å²) in [6.07, 6.45) is 1.57. The quantitative estimate of drug-likeness (QED) is 0.528. The Morgan fingerprint density at radius 1 is 1.43 bits per heavy atom. The lowest BCUT2D eigenvalue weighted by Gasteiger charge is -2.05. The zero-order valence-corrected chi connectivity index (χ0v) is 5.40. The molecule has 0 unspecified atom stereocenters. The fourth-order valence-corrected chi connectivity index (χ4v) is 0.402. The van der Waals surface area contributed by atoms with Crippen LogP contribution in [0.5, 0.6) is 0 Å². The summed E-state index contributed by atoms with van der Waals surface area (Å²) in [6.45, 7) is 7.07. The molecule has 44 valence electrons. The van der Waals surface area contributed by atoms with Gasteiger partial charge >= 0.3 is 0 Å². The van der Waals surface area contributed by atoms with Gasteiger partial charge in [-0.15, -0.1) is 0 Å². The van der Waals surface area contributed by atoms with Crippen molar-refractivity contribution in [3.63, 3.8) is 0 Å². The number of hydrogen-bond acceptors (Lipinski definition) is 1. The van der Waals surface area contributed by atoms with E-state index in [2.05, 4.69) is 13.8 Å².